The quantitative estimate of drug-likeness (QED) is 0.295. The first-order valence-electron chi connectivity index (χ1n) is 9.93. The smallest absolute Gasteiger partial charge is 0.327 e. The molecule has 2 atom stereocenters. The zero-order valence-electron chi connectivity index (χ0n) is 17.7. The van der Waals surface area contributed by atoms with Crippen molar-refractivity contribution < 1.29 is 27.7 Å². The first-order valence-corrected chi connectivity index (χ1v) is 11.5. The van der Waals surface area contributed by atoms with Crippen LogP contribution in [-0.4, -0.2) is 61.3 Å². The molecule has 1 unspecified atom stereocenters. The number of hydrogen-bond donors (Lipinski definition) is 4. The summed E-state index contributed by atoms with van der Waals surface area (Å²) in [6.07, 6.45) is 0. The highest BCUT2D eigenvalue weighted by Crippen LogP contribution is 2.27. The molecule has 172 valence electrons. The van der Waals surface area contributed by atoms with E-state index in [9.17, 15) is 18.0 Å². The van der Waals surface area contributed by atoms with Gasteiger partial charge in [0.05, 0.1) is 28.0 Å². The molecule has 0 saturated carbocycles. The van der Waals surface area contributed by atoms with Gasteiger partial charge in [-0.3, -0.25) is 9.35 Å². The highest BCUT2D eigenvalue weighted by molar-refractivity contribution is 7.85. The lowest BCUT2D eigenvalue weighted by Crippen LogP contribution is -2.45. The third-order valence-corrected chi connectivity index (χ3v) is 6.12. The van der Waals surface area contributed by atoms with Gasteiger partial charge in [0.15, 0.2) is 0 Å². The van der Waals surface area contributed by atoms with Gasteiger partial charge in [-0.2, -0.15) is 8.42 Å². The first kappa shape index (κ1) is 22.4. The van der Waals surface area contributed by atoms with E-state index in [-0.39, 0.29) is 11.5 Å². The van der Waals surface area contributed by atoms with Crippen LogP contribution in [0.5, 0.6) is 0 Å². The molecule has 4 rings (SSSR count). The fourth-order valence-electron chi connectivity index (χ4n) is 3.66. The number of hydrogen-bond acceptors (Lipinski definition) is 6. The van der Waals surface area contributed by atoms with Crippen molar-refractivity contribution in [2.24, 2.45) is 7.05 Å². The first-order chi connectivity index (χ1) is 15.5. The molecule has 12 heteroatoms. The molecule has 0 spiro atoms. The van der Waals surface area contributed by atoms with Crippen LogP contribution in [0.15, 0.2) is 42.5 Å². The maximum Gasteiger partial charge on any atom is 0.327 e. The molecule has 2 aromatic carbocycles. The van der Waals surface area contributed by atoms with Crippen molar-refractivity contribution in [2.75, 3.05) is 5.75 Å². The number of carbonyl (C=O) groups is 2. The van der Waals surface area contributed by atoms with Gasteiger partial charge >= 0.3 is 5.97 Å². The molecule has 0 radical (unpaired) electrons. The summed E-state index contributed by atoms with van der Waals surface area (Å²) in [5.74, 6) is -2.25. The normalized spacial score (nSPS) is 13.8. The van der Waals surface area contributed by atoms with E-state index in [1.807, 2.05) is 35.8 Å². The van der Waals surface area contributed by atoms with Crippen LogP contribution in [0.1, 0.15) is 34.8 Å². The van der Waals surface area contributed by atoms with Gasteiger partial charge < -0.3 is 20.0 Å². The second kappa shape index (κ2) is 8.30. The number of aromatic nitrogens is 4. The van der Waals surface area contributed by atoms with Crippen molar-refractivity contribution >= 4 is 44.1 Å². The molecule has 4 aromatic rings. The summed E-state index contributed by atoms with van der Waals surface area (Å²) in [4.78, 5) is 36.4. The van der Waals surface area contributed by atoms with Crippen molar-refractivity contribution in [2.45, 2.75) is 18.9 Å². The number of benzene rings is 2. The molecule has 4 N–H and O–H groups in total. The Labute approximate surface area is 188 Å². The summed E-state index contributed by atoms with van der Waals surface area (Å²) in [6.45, 7) is 1.96. The average molecular weight is 471 g/mol. The van der Waals surface area contributed by atoms with E-state index in [1.54, 1.807) is 19.2 Å². The third kappa shape index (κ3) is 4.56. The lowest BCUT2D eigenvalue weighted by atomic mass is 10.1. The number of imidazole rings is 2. The lowest BCUT2D eigenvalue weighted by Gasteiger charge is -2.13. The Morgan fingerprint density at radius 1 is 1.15 bits per heavy atom. The van der Waals surface area contributed by atoms with Crippen molar-refractivity contribution in [3.63, 3.8) is 0 Å². The molecular weight excluding hydrogens is 450 g/mol. The Morgan fingerprint density at radius 3 is 2.55 bits per heavy atom. The Kier molecular flexibility index (Phi) is 5.64. The molecule has 2 heterocycles. The Morgan fingerprint density at radius 2 is 1.88 bits per heavy atom. The summed E-state index contributed by atoms with van der Waals surface area (Å²) in [6, 6.07) is 10.5. The molecule has 0 saturated heterocycles. The predicted molar refractivity (Wildman–Crippen MR) is 120 cm³/mol. The van der Waals surface area contributed by atoms with Crippen molar-refractivity contribution in [1.29, 1.82) is 0 Å². The highest BCUT2D eigenvalue weighted by Gasteiger charge is 2.27. The number of carboxylic acid groups (broad SMARTS) is 1. The van der Waals surface area contributed by atoms with Gasteiger partial charge in [-0.05, 0) is 37.3 Å². The highest BCUT2D eigenvalue weighted by atomic mass is 32.2. The maximum atomic E-state index is 12.6. The van der Waals surface area contributed by atoms with Crippen LogP contribution in [0, 0.1) is 0 Å². The van der Waals surface area contributed by atoms with E-state index in [1.165, 1.54) is 6.07 Å². The molecule has 33 heavy (non-hydrogen) atoms. The number of aromatic amines is 1. The van der Waals surface area contributed by atoms with E-state index in [0.717, 1.165) is 16.9 Å². The summed E-state index contributed by atoms with van der Waals surface area (Å²) in [5.41, 5.74) is 3.13. The van der Waals surface area contributed by atoms with Gasteiger partial charge in [0.25, 0.3) is 16.0 Å². The van der Waals surface area contributed by atoms with E-state index < -0.39 is 33.8 Å². The third-order valence-electron chi connectivity index (χ3n) is 5.36. The minimum atomic E-state index is -4.60. The zero-order valence-corrected chi connectivity index (χ0v) is 18.5. The van der Waals surface area contributed by atoms with Crippen LogP contribution in [-0.2, 0) is 22.0 Å². The topological polar surface area (TPSA) is 167 Å². The summed E-state index contributed by atoms with van der Waals surface area (Å²) in [5, 5.41) is 11.3. The predicted octanol–water partition coefficient (Wildman–Crippen LogP) is 1.67. The average Bonchev–Trinajstić information content (AvgIpc) is 3.33. The fraction of sp³-hybridized carbons (Fsp3) is 0.238. The van der Waals surface area contributed by atoms with Crippen LogP contribution < -0.4 is 5.32 Å². The van der Waals surface area contributed by atoms with Gasteiger partial charge in [0, 0.05) is 12.6 Å². The van der Waals surface area contributed by atoms with Crippen LogP contribution >= 0.6 is 0 Å². The molecule has 0 aliphatic heterocycles. The van der Waals surface area contributed by atoms with E-state index >= 15 is 0 Å². The van der Waals surface area contributed by atoms with Crippen LogP contribution in [0.4, 0.5) is 0 Å². The maximum absolute atomic E-state index is 12.6. The summed E-state index contributed by atoms with van der Waals surface area (Å²) < 4.78 is 32.8. The van der Waals surface area contributed by atoms with E-state index in [2.05, 4.69) is 20.3 Å². The number of carbonyl (C=O) groups excluding carboxylic acids is 1. The molecule has 0 aliphatic carbocycles. The number of H-pyrrole nitrogens is 1. The number of aliphatic carboxylic acids is 1. The molecular formula is C21H21N5O6S. The molecule has 0 fully saturated rings. The number of nitrogens with zero attached hydrogens (tertiary/aromatic N) is 3. The second-order valence-corrected chi connectivity index (χ2v) is 9.20. The minimum absolute atomic E-state index is 0.120. The van der Waals surface area contributed by atoms with Crippen LogP contribution in [0.25, 0.3) is 22.1 Å². The number of para-hydroxylation sites is 2. The van der Waals surface area contributed by atoms with Crippen molar-refractivity contribution in [3.05, 3.63) is 59.7 Å². The fourth-order valence-corrected chi connectivity index (χ4v) is 4.31. The number of carboxylic acids is 1. The molecule has 11 nitrogen and oxygen atoms in total. The van der Waals surface area contributed by atoms with Gasteiger partial charge in [-0.25, -0.2) is 14.8 Å². The Balaban J connectivity index is 1.63. The van der Waals surface area contributed by atoms with Gasteiger partial charge in [0.1, 0.15) is 23.4 Å². The number of nitrogens with one attached hydrogen (secondary N) is 2. The number of rotatable bonds is 7. The van der Waals surface area contributed by atoms with Crippen LogP contribution in [0.2, 0.25) is 0 Å². The summed E-state index contributed by atoms with van der Waals surface area (Å²) >= 11 is 0. The van der Waals surface area contributed by atoms with Crippen molar-refractivity contribution in [3.8, 4) is 0 Å². The van der Waals surface area contributed by atoms with Gasteiger partial charge in [0.2, 0.25) is 0 Å². The van der Waals surface area contributed by atoms with Gasteiger partial charge in [-0.1, -0.05) is 12.1 Å². The minimum Gasteiger partial charge on any atom is -0.480 e. The van der Waals surface area contributed by atoms with Crippen molar-refractivity contribution in [1.82, 2.24) is 24.8 Å². The number of amides is 1. The van der Waals surface area contributed by atoms with E-state index in [0.29, 0.717) is 16.9 Å². The molecule has 2 aromatic heterocycles. The molecule has 0 aliphatic rings. The largest absolute Gasteiger partial charge is 0.480 e. The summed E-state index contributed by atoms with van der Waals surface area (Å²) in [7, 11) is -2.80. The molecule has 1 amide bonds. The molecule has 0 bridgehead atoms. The Hall–Kier alpha value is -3.77. The standard InChI is InChI=1S/C21H21N5O6S/c1-11(18-22-13-5-3-4-6-14(13)23-18)19-24-15-8-7-12(9-17(15)26(19)2)20(27)25-16(21(28)29)10-33(30,31)32/h3-9,11,16H,10H2,1-2H3,(H,22,23)(H,25,27)(H,28,29)(H,30,31,32)/t11?,16-/m0/s1. The van der Waals surface area contributed by atoms with Gasteiger partial charge in [-0.15, -0.1) is 0 Å². The SMILES string of the molecule is CC(c1nc2ccccc2[nH]1)c1nc2ccc(C(=O)N[C@@H](CS(=O)(=O)O)C(=O)O)cc2n1C. The number of aryl methyl sites for hydroxylation is 1. The second-order valence-electron chi connectivity index (χ2n) is 7.71. The van der Waals surface area contributed by atoms with Crippen LogP contribution in [0.3, 0.4) is 0 Å². The van der Waals surface area contributed by atoms with E-state index in [4.69, 9.17) is 9.66 Å². The lowest BCUT2D eigenvalue weighted by molar-refractivity contribution is -0.138. The monoisotopic (exact) mass is 471 g/mol. The zero-order chi connectivity index (χ0) is 23.9. The number of fused-ring (bicyclic) bond motifs is 2. The Bertz CT molecular complexity index is 1460.